The van der Waals surface area contributed by atoms with Crippen molar-refractivity contribution < 1.29 is 9.53 Å². The Morgan fingerprint density at radius 3 is 2.64 bits per heavy atom. The van der Waals surface area contributed by atoms with Crippen LogP contribution in [0.15, 0.2) is 61.1 Å². The van der Waals surface area contributed by atoms with Crippen LogP contribution in [0, 0.1) is 12.8 Å². The number of carbonyl (C=O) groups excluding carboxylic acids is 1. The van der Waals surface area contributed by atoms with Crippen LogP contribution in [-0.4, -0.2) is 29.1 Å². The second-order valence-electron chi connectivity index (χ2n) is 7.36. The zero-order valence-corrected chi connectivity index (χ0v) is 16.5. The van der Waals surface area contributed by atoms with Crippen molar-refractivity contribution in [3.63, 3.8) is 0 Å². The van der Waals surface area contributed by atoms with E-state index in [0.717, 1.165) is 35.8 Å². The minimum atomic E-state index is 0.00405. The van der Waals surface area contributed by atoms with Gasteiger partial charge >= 0.3 is 0 Å². The molecule has 0 aliphatic carbocycles. The van der Waals surface area contributed by atoms with Crippen molar-refractivity contribution in [2.45, 2.75) is 26.2 Å². The number of hydrogen-bond donors (Lipinski definition) is 0. The standard InChI is InChI=1S/C23H25N3O2/c1-16-14-25(15-24-16)21-10-9-19(13-22(21)28-3)26-12-11-20(23(26)27)17(2)18-7-5-4-6-8-18/h4-10,13-15,17,20H,11-12H2,1-3H3. The highest BCUT2D eigenvalue weighted by Crippen LogP contribution is 2.37. The van der Waals surface area contributed by atoms with E-state index in [4.69, 9.17) is 4.74 Å². The highest BCUT2D eigenvalue weighted by Gasteiger charge is 2.36. The molecule has 2 heterocycles. The van der Waals surface area contributed by atoms with Crippen molar-refractivity contribution in [3.05, 3.63) is 72.3 Å². The van der Waals surface area contributed by atoms with Crippen molar-refractivity contribution in [2.24, 2.45) is 5.92 Å². The van der Waals surface area contributed by atoms with Crippen LogP contribution >= 0.6 is 0 Å². The lowest BCUT2D eigenvalue weighted by Gasteiger charge is -2.21. The molecule has 1 aliphatic heterocycles. The fourth-order valence-electron chi connectivity index (χ4n) is 4.01. The Labute approximate surface area is 165 Å². The Balaban J connectivity index is 1.59. The summed E-state index contributed by atoms with van der Waals surface area (Å²) >= 11 is 0. The number of aryl methyl sites for hydroxylation is 1. The van der Waals surface area contributed by atoms with Gasteiger partial charge in [0, 0.05) is 30.4 Å². The summed E-state index contributed by atoms with van der Waals surface area (Å²) in [5, 5.41) is 0. The smallest absolute Gasteiger partial charge is 0.230 e. The molecule has 0 bridgehead atoms. The van der Waals surface area contributed by atoms with E-state index in [9.17, 15) is 4.79 Å². The molecule has 1 saturated heterocycles. The largest absolute Gasteiger partial charge is 0.494 e. The fraction of sp³-hybridized carbons (Fsp3) is 0.304. The SMILES string of the molecule is COc1cc(N2CCC(C(C)c3ccccc3)C2=O)ccc1-n1cnc(C)c1. The number of benzene rings is 2. The van der Waals surface area contributed by atoms with Crippen LogP contribution in [0.3, 0.4) is 0 Å². The molecule has 5 heteroatoms. The molecule has 0 radical (unpaired) electrons. The number of methoxy groups -OCH3 is 1. The van der Waals surface area contributed by atoms with Gasteiger partial charge in [-0.1, -0.05) is 37.3 Å². The molecule has 3 aromatic rings. The number of carbonyl (C=O) groups is 1. The van der Waals surface area contributed by atoms with Gasteiger partial charge < -0.3 is 14.2 Å². The highest BCUT2D eigenvalue weighted by molar-refractivity contribution is 5.98. The number of hydrogen-bond acceptors (Lipinski definition) is 3. The molecule has 0 N–H and O–H groups in total. The number of aromatic nitrogens is 2. The van der Waals surface area contributed by atoms with Gasteiger partial charge in [0.25, 0.3) is 0 Å². The summed E-state index contributed by atoms with van der Waals surface area (Å²) < 4.78 is 7.54. The van der Waals surface area contributed by atoms with Crippen LogP contribution in [0.25, 0.3) is 5.69 Å². The summed E-state index contributed by atoms with van der Waals surface area (Å²) in [6.07, 6.45) is 4.58. The van der Waals surface area contributed by atoms with Crippen molar-refractivity contribution >= 4 is 11.6 Å². The number of imidazole rings is 1. The Morgan fingerprint density at radius 1 is 1.18 bits per heavy atom. The van der Waals surface area contributed by atoms with E-state index in [0.29, 0.717) is 0 Å². The van der Waals surface area contributed by atoms with E-state index in [2.05, 4.69) is 24.0 Å². The molecule has 4 rings (SSSR count). The Bertz CT molecular complexity index is 981. The predicted molar refractivity (Wildman–Crippen MR) is 110 cm³/mol. The molecule has 28 heavy (non-hydrogen) atoms. The summed E-state index contributed by atoms with van der Waals surface area (Å²) in [6.45, 7) is 4.83. The molecule has 1 aromatic heterocycles. The number of anilines is 1. The molecule has 0 saturated carbocycles. The summed E-state index contributed by atoms with van der Waals surface area (Å²) in [5.41, 5.74) is 3.95. The van der Waals surface area contributed by atoms with Crippen LogP contribution in [0.2, 0.25) is 0 Å². The number of rotatable bonds is 5. The molecule has 2 atom stereocenters. The average molecular weight is 375 g/mol. The summed E-state index contributed by atoms with van der Waals surface area (Å²) in [7, 11) is 1.65. The van der Waals surface area contributed by atoms with Crippen LogP contribution in [-0.2, 0) is 4.79 Å². The normalized spacial score (nSPS) is 17.8. The molecule has 2 aromatic carbocycles. The van der Waals surface area contributed by atoms with Gasteiger partial charge in [0.15, 0.2) is 0 Å². The van der Waals surface area contributed by atoms with Gasteiger partial charge in [0.1, 0.15) is 5.75 Å². The zero-order valence-electron chi connectivity index (χ0n) is 16.5. The van der Waals surface area contributed by atoms with Crippen molar-refractivity contribution in [2.75, 3.05) is 18.6 Å². The minimum Gasteiger partial charge on any atom is -0.494 e. The monoisotopic (exact) mass is 375 g/mol. The first-order valence-electron chi connectivity index (χ1n) is 9.64. The third-order valence-electron chi connectivity index (χ3n) is 5.64. The van der Waals surface area contributed by atoms with E-state index < -0.39 is 0 Å². The molecule has 5 nitrogen and oxygen atoms in total. The van der Waals surface area contributed by atoms with Gasteiger partial charge in [-0.05, 0) is 37.0 Å². The Kier molecular flexibility index (Phi) is 4.90. The lowest BCUT2D eigenvalue weighted by atomic mass is 9.86. The molecule has 1 aliphatic rings. The molecule has 0 spiro atoms. The molecular weight excluding hydrogens is 350 g/mol. The zero-order chi connectivity index (χ0) is 19.7. The molecule has 1 fully saturated rings. The van der Waals surface area contributed by atoms with Crippen LogP contribution in [0.4, 0.5) is 5.69 Å². The van der Waals surface area contributed by atoms with Gasteiger partial charge in [-0.15, -0.1) is 0 Å². The molecular formula is C23H25N3O2. The van der Waals surface area contributed by atoms with Crippen LogP contribution < -0.4 is 9.64 Å². The van der Waals surface area contributed by atoms with Crippen LogP contribution in [0.1, 0.15) is 30.5 Å². The van der Waals surface area contributed by atoms with Gasteiger partial charge in [-0.25, -0.2) is 4.98 Å². The highest BCUT2D eigenvalue weighted by atomic mass is 16.5. The second kappa shape index (κ2) is 7.50. The topological polar surface area (TPSA) is 47.4 Å². The van der Waals surface area contributed by atoms with E-state index >= 15 is 0 Å². The van der Waals surface area contributed by atoms with E-state index in [-0.39, 0.29) is 17.7 Å². The maximum Gasteiger partial charge on any atom is 0.230 e. The van der Waals surface area contributed by atoms with Gasteiger partial charge in [0.2, 0.25) is 5.91 Å². The Hall–Kier alpha value is -3.08. The molecule has 144 valence electrons. The van der Waals surface area contributed by atoms with Gasteiger partial charge in [-0.3, -0.25) is 4.79 Å². The van der Waals surface area contributed by atoms with Crippen molar-refractivity contribution in [1.82, 2.24) is 9.55 Å². The maximum absolute atomic E-state index is 13.1. The summed E-state index contributed by atoms with van der Waals surface area (Å²) in [5.74, 6) is 1.12. The number of ether oxygens (including phenoxy) is 1. The first kappa shape index (κ1) is 18.3. The maximum atomic E-state index is 13.1. The Morgan fingerprint density at radius 2 is 1.96 bits per heavy atom. The third-order valence-corrected chi connectivity index (χ3v) is 5.64. The van der Waals surface area contributed by atoms with Gasteiger partial charge in [-0.2, -0.15) is 0 Å². The van der Waals surface area contributed by atoms with E-state index in [1.54, 1.807) is 13.4 Å². The minimum absolute atomic E-state index is 0.00405. The number of nitrogens with zero attached hydrogens (tertiary/aromatic N) is 3. The summed E-state index contributed by atoms with van der Waals surface area (Å²) in [4.78, 5) is 19.3. The molecule has 2 unspecified atom stereocenters. The molecule has 1 amide bonds. The predicted octanol–water partition coefficient (Wildman–Crippen LogP) is 4.35. The number of amides is 1. The first-order valence-corrected chi connectivity index (χ1v) is 9.64. The lowest BCUT2D eigenvalue weighted by Crippen LogP contribution is -2.28. The van der Waals surface area contributed by atoms with Crippen molar-refractivity contribution in [1.29, 1.82) is 0 Å². The quantitative estimate of drug-likeness (QED) is 0.666. The van der Waals surface area contributed by atoms with E-state index in [1.165, 1.54) is 5.56 Å². The first-order chi connectivity index (χ1) is 13.6. The van der Waals surface area contributed by atoms with Gasteiger partial charge in [0.05, 0.1) is 24.8 Å². The van der Waals surface area contributed by atoms with E-state index in [1.807, 2.05) is 59.0 Å². The van der Waals surface area contributed by atoms with Crippen LogP contribution in [0.5, 0.6) is 5.75 Å². The summed E-state index contributed by atoms with van der Waals surface area (Å²) in [6, 6.07) is 16.2. The second-order valence-corrected chi connectivity index (χ2v) is 7.36. The average Bonchev–Trinajstić information content (AvgIpc) is 3.33. The third kappa shape index (κ3) is 3.28. The van der Waals surface area contributed by atoms with Crippen molar-refractivity contribution in [3.8, 4) is 11.4 Å². The lowest BCUT2D eigenvalue weighted by molar-refractivity contribution is -0.120. The fourth-order valence-corrected chi connectivity index (χ4v) is 4.01.